The number of anilines is 1. The van der Waals surface area contributed by atoms with Crippen LogP contribution in [-0.2, 0) is 13.0 Å². The zero-order valence-corrected chi connectivity index (χ0v) is 14.6. The van der Waals surface area contributed by atoms with Gasteiger partial charge in [0, 0.05) is 18.9 Å². The number of rotatable bonds is 8. The molecule has 134 valence electrons. The number of benzene rings is 1. The second kappa shape index (κ2) is 8.71. The number of amides is 1. The Bertz CT molecular complexity index is 830. The van der Waals surface area contributed by atoms with Gasteiger partial charge in [0.25, 0.3) is 5.91 Å². The molecule has 2 heterocycles. The van der Waals surface area contributed by atoms with Crippen LogP contribution in [0, 0.1) is 0 Å². The number of hydrogen-bond acceptors (Lipinski definition) is 5. The van der Waals surface area contributed by atoms with Crippen LogP contribution in [0.2, 0.25) is 0 Å². The summed E-state index contributed by atoms with van der Waals surface area (Å²) in [7, 11) is 1.64. The van der Waals surface area contributed by atoms with Gasteiger partial charge in [0.2, 0.25) is 0 Å². The first-order valence-corrected chi connectivity index (χ1v) is 8.37. The molecular formula is C20H21N3O3. The fraction of sp³-hybridized carbons (Fsp3) is 0.200. The van der Waals surface area contributed by atoms with Crippen LogP contribution in [0.4, 0.5) is 5.69 Å². The predicted octanol–water partition coefficient (Wildman–Crippen LogP) is 3.27. The van der Waals surface area contributed by atoms with Crippen molar-refractivity contribution in [3.8, 4) is 5.75 Å². The Morgan fingerprint density at radius 1 is 1.19 bits per heavy atom. The van der Waals surface area contributed by atoms with Crippen molar-refractivity contribution in [1.29, 1.82) is 0 Å². The summed E-state index contributed by atoms with van der Waals surface area (Å²) in [5.41, 5.74) is 2.42. The number of carbonyl (C=O) groups is 1. The van der Waals surface area contributed by atoms with E-state index in [4.69, 9.17) is 9.15 Å². The van der Waals surface area contributed by atoms with Crippen LogP contribution >= 0.6 is 0 Å². The maximum absolute atomic E-state index is 12.3. The van der Waals surface area contributed by atoms with Crippen LogP contribution in [-0.4, -0.2) is 24.5 Å². The summed E-state index contributed by atoms with van der Waals surface area (Å²) in [5, 5.41) is 6.10. The number of ether oxygens (including phenoxy) is 1. The minimum Gasteiger partial charge on any atom is -0.497 e. The zero-order chi connectivity index (χ0) is 18.2. The van der Waals surface area contributed by atoms with Gasteiger partial charge >= 0.3 is 0 Å². The molecule has 0 fully saturated rings. The molecule has 0 spiro atoms. The molecule has 0 atom stereocenters. The normalized spacial score (nSPS) is 10.3. The van der Waals surface area contributed by atoms with Crippen molar-refractivity contribution in [3.05, 3.63) is 78.0 Å². The number of hydrogen-bond donors (Lipinski definition) is 2. The van der Waals surface area contributed by atoms with Crippen LogP contribution in [0.15, 0.2) is 65.5 Å². The van der Waals surface area contributed by atoms with Gasteiger partial charge in [0.1, 0.15) is 11.5 Å². The molecule has 0 saturated carbocycles. The van der Waals surface area contributed by atoms with Gasteiger partial charge in [-0.3, -0.25) is 9.78 Å². The van der Waals surface area contributed by atoms with E-state index < -0.39 is 0 Å². The van der Waals surface area contributed by atoms with Crippen LogP contribution in [0.3, 0.4) is 0 Å². The molecule has 0 radical (unpaired) electrons. The van der Waals surface area contributed by atoms with Crippen molar-refractivity contribution in [2.24, 2.45) is 0 Å². The smallest absolute Gasteiger partial charge is 0.252 e. The van der Waals surface area contributed by atoms with Gasteiger partial charge in [0.05, 0.1) is 31.2 Å². The Morgan fingerprint density at radius 3 is 2.77 bits per heavy atom. The molecule has 1 amide bonds. The molecular weight excluding hydrogens is 330 g/mol. The highest BCUT2D eigenvalue weighted by Crippen LogP contribution is 2.12. The molecule has 3 aromatic rings. The van der Waals surface area contributed by atoms with E-state index in [9.17, 15) is 4.79 Å². The molecule has 1 aromatic carbocycles. The second-order valence-electron chi connectivity index (χ2n) is 5.75. The third-order valence-electron chi connectivity index (χ3n) is 3.91. The molecule has 2 aromatic heterocycles. The summed E-state index contributed by atoms with van der Waals surface area (Å²) < 4.78 is 10.4. The third kappa shape index (κ3) is 4.86. The fourth-order valence-corrected chi connectivity index (χ4v) is 2.48. The van der Waals surface area contributed by atoms with Gasteiger partial charge in [-0.05, 0) is 42.3 Å². The molecule has 0 unspecified atom stereocenters. The summed E-state index contributed by atoms with van der Waals surface area (Å²) in [5.74, 6) is 1.50. The standard InChI is InChI=1S/C20H21N3O3/c1-25-18-6-4-15(5-7-18)8-9-22-20(24)16-11-17(13-21-12-16)23-14-19-3-2-10-26-19/h2-7,10-13,23H,8-9,14H2,1H3,(H,22,24). The Kier molecular flexibility index (Phi) is 5.88. The van der Waals surface area contributed by atoms with Crippen molar-refractivity contribution >= 4 is 11.6 Å². The van der Waals surface area contributed by atoms with Gasteiger partial charge in [-0.2, -0.15) is 0 Å². The Labute approximate surface area is 152 Å². The fourth-order valence-electron chi connectivity index (χ4n) is 2.48. The average molecular weight is 351 g/mol. The number of carbonyl (C=O) groups excluding carboxylic acids is 1. The minimum absolute atomic E-state index is 0.146. The molecule has 3 rings (SSSR count). The molecule has 0 saturated heterocycles. The summed E-state index contributed by atoms with van der Waals surface area (Å²) in [6.07, 6.45) is 5.61. The van der Waals surface area contributed by atoms with E-state index in [2.05, 4.69) is 15.6 Å². The van der Waals surface area contributed by atoms with Crippen LogP contribution in [0.1, 0.15) is 21.7 Å². The molecule has 6 heteroatoms. The summed E-state index contributed by atoms with van der Waals surface area (Å²) in [6.45, 7) is 1.09. The highest BCUT2D eigenvalue weighted by molar-refractivity contribution is 5.94. The first-order valence-electron chi connectivity index (χ1n) is 8.37. The first kappa shape index (κ1) is 17.5. The molecule has 0 aliphatic carbocycles. The highest BCUT2D eigenvalue weighted by Gasteiger charge is 2.07. The van der Waals surface area contributed by atoms with E-state index in [0.717, 1.165) is 29.2 Å². The third-order valence-corrected chi connectivity index (χ3v) is 3.91. The van der Waals surface area contributed by atoms with Crippen molar-refractivity contribution in [2.75, 3.05) is 19.0 Å². The highest BCUT2D eigenvalue weighted by atomic mass is 16.5. The van der Waals surface area contributed by atoms with Gasteiger partial charge < -0.3 is 19.8 Å². The predicted molar refractivity (Wildman–Crippen MR) is 99.3 cm³/mol. The lowest BCUT2D eigenvalue weighted by Crippen LogP contribution is -2.25. The van der Waals surface area contributed by atoms with E-state index in [1.807, 2.05) is 36.4 Å². The monoisotopic (exact) mass is 351 g/mol. The lowest BCUT2D eigenvalue weighted by atomic mass is 10.1. The molecule has 0 aliphatic rings. The summed E-state index contributed by atoms with van der Waals surface area (Å²) in [4.78, 5) is 16.4. The Morgan fingerprint density at radius 2 is 2.04 bits per heavy atom. The van der Waals surface area contributed by atoms with E-state index >= 15 is 0 Å². The second-order valence-corrected chi connectivity index (χ2v) is 5.75. The van der Waals surface area contributed by atoms with Gasteiger partial charge in [-0.15, -0.1) is 0 Å². The van der Waals surface area contributed by atoms with Crippen molar-refractivity contribution in [1.82, 2.24) is 10.3 Å². The summed E-state index contributed by atoms with van der Waals surface area (Å²) in [6, 6.07) is 13.3. The van der Waals surface area contributed by atoms with Gasteiger partial charge in [-0.25, -0.2) is 0 Å². The van der Waals surface area contributed by atoms with Gasteiger partial charge in [-0.1, -0.05) is 12.1 Å². The maximum Gasteiger partial charge on any atom is 0.252 e. The topological polar surface area (TPSA) is 76.4 Å². The lowest BCUT2D eigenvalue weighted by Gasteiger charge is -2.08. The number of furan rings is 1. The lowest BCUT2D eigenvalue weighted by molar-refractivity contribution is 0.0954. The van der Waals surface area contributed by atoms with Crippen LogP contribution < -0.4 is 15.4 Å². The Balaban J connectivity index is 1.49. The van der Waals surface area contributed by atoms with Crippen molar-refractivity contribution in [3.63, 3.8) is 0 Å². The first-order chi connectivity index (χ1) is 12.7. The van der Waals surface area contributed by atoms with E-state index in [-0.39, 0.29) is 5.91 Å². The molecule has 26 heavy (non-hydrogen) atoms. The van der Waals surface area contributed by atoms with E-state index in [1.54, 1.807) is 31.8 Å². The number of nitrogens with one attached hydrogen (secondary N) is 2. The minimum atomic E-state index is -0.146. The largest absolute Gasteiger partial charge is 0.497 e. The number of methoxy groups -OCH3 is 1. The zero-order valence-electron chi connectivity index (χ0n) is 14.6. The van der Waals surface area contributed by atoms with E-state index in [0.29, 0.717) is 18.7 Å². The quantitative estimate of drug-likeness (QED) is 0.651. The number of nitrogens with zero attached hydrogens (tertiary/aromatic N) is 1. The number of aromatic nitrogens is 1. The average Bonchev–Trinajstić information content (AvgIpc) is 3.21. The maximum atomic E-state index is 12.3. The molecule has 0 aliphatic heterocycles. The summed E-state index contributed by atoms with van der Waals surface area (Å²) >= 11 is 0. The number of pyridine rings is 1. The van der Waals surface area contributed by atoms with Crippen molar-refractivity contribution < 1.29 is 13.9 Å². The van der Waals surface area contributed by atoms with Crippen LogP contribution in [0.25, 0.3) is 0 Å². The SMILES string of the molecule is COc1ccc(CCNC(=O)c2cncc(NCc3ccco3)c2)cc1. The van der Waals surface area contributed by atoms with E-state index in [1.165, 1.54) is 0 Å². The molecule has 0 bridgehead atoms. The van der Waals surface area contributed by atoms with Gasteiger partial charge in [0.15, 0.2) is 0 Å². The molecule has 6 nitrogen and oxygen atoms in total. The molecule has 2 N–H and O–H groups in total. The van der Waals surface area contributed by atoms with Crippen molar-refractivity contribution in [2.45, 2.75) is 13.0 Å². The van der Waals surface area contributed by atoms with Crippen LogP contribution in [0.5, 0.6) is 5.75 Å². The Hall–Kier alpha value is -3.28.